The van der Waals surface area contributed by atoms with E-state index in [4.69, 9.17) is 5.11 Å². The molecule has 0 bridgehead atoms. The van der Waals surface area contributed by atoms with Gasteiger partial charge in [0, 0.05) is 17.1 Å². The number of hydrogen-bond donors (Lipinski definition) is 1. The first-order chi connectivity index (χ1) is 9.25. The summed E-state index contributed by atoms with van der Waals surface area (Å²) in [6.45, 7) is 0.898. The number of thiophene rings is 1. The van der Waals surface area contributed by atoms with E-state index >= 15 is 0 Å². The number of aliphatic carboxylic acids is 1. The van der Waals surface area contributed by atoms with Crippen LogP contribution >= 0.6 is 11.3 Å². The molecule has 0 spiro atoms. The Kier molecular flexibility index (Phi) is 3.25. The second-order valence-electron chi connectivity index (χ2n) is 4.70. The Morgan fingerprint density at radius 1 is 1.32 bits per heavy atom. The van der Waals surface area contributed by atoms with Crippen LogP contribution in [0.1, 0.15) is 22.9 Å². The summed E-state index contributed by atoms with van der Waals surface area (Å²) in [5.41, 5.74) is 2.50. The summed E-state index contributed by atoms with van der Waals surface area (Å²) >= 11 is 1.63. The number of para-hydroxylation sites is 1. The van der Waals surface area contributed by atoms with Crippen LogP contribution in [0.25, 0.3) is 0 Å². The lowest BCUT2D eigenvalue weighted by molar-refractivity contribution is -0.137. The summed E-state index contributed by atoms with van der Waals surface area (Å²) < 4.78 is 0. The van der Waals surface area contributed by atoms with Gasteiger partial charge in [-0.05, 0) is 29.5 Å². The Labute approximate surface area is 116 Å². The summed E-state index contributed by atoms with van der Waals surface area (Å²) in [5, 5.41) is 11.2. The van der Waals surface area contributed by atoms with E-state index in [0.717, 1.165) is 17.8 Å². The van der Waals surface area contributed by atoms with Crippen LogP contribution in [0.2, 0.25) is 0 Å². The Hall–Kier alpha value is -1.81. The van der Waals surface area contributed by atoms with Gasteiger partial charge in [0.25, 0.3) is 0 Å². The fourth-order valence-electron chi connectivity index (χ4n) is 2.70. The van der Waals surface area contributed by atoms with E-state index in [0.29, 0.717) is 0 Å². The molecule has 0 aliphatic carbocycles. The van der Waals surface area contributed by atoms with E-state index in [1.165, 1.54) is 11.3 Å². The molecule has 1 aliphatic heterocycles. The van der Waals surface area contributed by atoms with Crippen molar-refractivity contribution in [1.82, 2.24) is 0 Å². The Morgan fingerprint density at radius 3 is 2.89 bits per heavy atom. The average Bonchev–Trinajstić information content (AvgIpc) is 3.05. The summed E-state index contributed by atoms with van der Waals surface area (Å²) in [7, 11) is 0. The van der Waals surface area contributed by atoms with Gasteiger partial charge in [-0.25, -0.2) is 0 Å². The maximum atomic E-state index is 11.2. The first kappa shape index (κ1) is 12.2. The molecular formula is C15H15NO2S. The lowest BCUT2D eigenvalue weighted by Gasteiger charge is -2.28. The van der Waals surface area contributed by atoms with Gasteiger partial charge in [0.2, 0.25) is 0 Å². The summed E-state index contributed by atoms with van der Waals surface area (Å²) in [4.78, 5) is 14.5. The Morgan fingerprint density at radius 2 is 2.16 bits per heavy atom. The number of carboxylic acids is 1. The molecule has 3 nitrogen and oxygen atoms in total. The van der Waals surface area contributed by atoms with Crippen LogP contribution in [0.15, 0.2) is 41.8 Å². The molecule has 19 heavy (non-hydrogen) atoms. The lowest BCUT2D eigenvalue weighted by Crippen LogP contribution is -2.28. The molecule has 1 aromatic heterocycles. The zero-order chi connectivity index (χ0) is 13.2. The molecule has 2 heterocycles. The Balaban J connectivity index is 1.95. The number of fused-ring (bicyclic) bond motifs is 1. The second-order valence-corrected chi connectivity index (χ2v) is 5.68. The molecule has 0 amide bonds. The van der Waals surface area contributed by atoms with E-state index < -0.39 is 5.97 Å². The highest BCUT2D eigenvalue weighted by Gasteiger charge is 2.29. The number of carboxylic acid groups (broad SMARTS) is 1. The number of hydrogen-bond acceptors (Lipinski definition) is 3. The third-order valence-electron chi connectivity index (χ3n) is 3.54. The van der Waals surface area contributed by atoms with Gasteiger partial charge < -0.3 is 10.0 Å². The van der Waals surface area contributed by atoms with Crippen molar-refractivity contribution < 1.29 is 9.90 Å². The summed E-state index contributed by atoms with van der Waals surface area (Å²) in [6.07, 6.45) is 1.15. The van der Waals surface area contributed by atoms with Gasteiger partial charge in [0.05, 0.1) is 12.5 Å². The van der Waals surface area contributed by atoms with Gasteiger partial charge in [-0.2, -0.15) is 0 Å². The van der Waals surface area contributed by atoms with Gasteiger partial charge in [0.15, 0.2) is 0 Å². The largest absolute Gasteiger partial charge is 0.481 e. The maximum absolute atomic E-state index is 11.2. The molecule has 1 N–H and O–H groups in total. The normalized spacial score (nSPS) is 15.3. The summed E-state index contributed by atoms with van der Waals surface area (Å²) in [6, 6.07) is 12.2. The van der Waals surface area contributed by atoms with E-state index in [2.05, 4.69) is 17.0 Å². The van der Waals surface area contributed by atoms with Crippen molar-refractivity contribution in [3.8, 4) is 0 Å². The molecule has 4 heteroatoms. The van der Waals surface area contributed by atoms with Crippen LogP contribution < -0.4 is 4.90 Å². The topological polar surface area (TPSA) is 40.5 Å². The molecule has 98 valence electrons. The summed E-state index contributed by atoms with van der Waals surface area (Å²) in [5.74, 6) is -0.747. The number of nitrogens with zero attached hydrogens (tertiary/aromatic N) is 1. The maximum Gasteiger partial charge on any atom is 0.305 e. The quantitative estimate of drug-likeness (QED) is 0.929. The minimum Gasteiger partial charge on any atom is -0.481 e. The van der Waals surface area contributed by atoms with Gasteiger partial charge in [0.1, 0.15) is 0 Å². The standard InChI is InChI=1S/C15H15NO2S/c17-15(18)10-13(14-6-3-9-19-14)16-8-7-11-4-1-2-5-12(11)16/h1-6,9,13H,7-8,10H2,(H,17,18). The SMILES string of the molecule is O=C(O)CC(c1cccs1)N1CCc2ccccc21. The van der Waals surface area contributed by atoms with Crippen molar-refractivity contribution in [2.24, 2.45) is 0 Å². The monoisotopic (exact) mass is 273 g/mol. The van der Waals surface area contributed by atoms with Crippen molar-refractivity contribution >= 4 is 23.0 Å². The Bertz CT molecular complexity index is 580. The van der Waals surface area contributed by atoms with Crippen molar-refractivity contribution in [3.63, 3.8) is 0 Å². The predicted molar refractivity (Wildman–Crippen MR) is 76.8 cm³/mol. The van der Waals surface area contributed by atoms with Crippen LogP contribution in [0.3, 0.4) is 0 Å². The minimum atomic E-state index is -0.747. The molecular weight excluding hydrogens is 258 g/mol. The third-order valence-corrected chi connectivity index (χ3v) is 4.51. The van der Waals surface area contributed by atoms with Crippen LogP contribution in [0.5, 0.6) is 0 Å². The zero-order valence-electron chi connectivity index (χ0n) is 10.5. The average molecular weight is 273 g/mol. The molecule has 0 saturated carbocycles. The molecule has 1 atom stereocenters. The molecule has 2 aromatic rings. The van der Waals surface area contributed by atoms with Crippen LogP contribution in [0.4, 0.5) is 5.69 Å². The zero-order valence-corrected chi connectivity index (χ0v) is 11.3. The molecule has 3 rings (SSSR count). The molecule has 0 radical (unpaired) electrons. The van der Waals surface area contributed by atoms with Crippen molar-refractivity contribution in [3.05, 3.63) is 52.2 Å². The third kappa shape index (κ3) is 2.36. The molecule has 1 unspecified atom stereocenters. The van der Waals surface area contributed by atoms with Crippen LogP contribution in [-0.4, -0.2) is 17.6 Å². The van der Waals surface area contributed by atoms with E-state index in [1.807, 2.05) is 29.6 Å². The van der Waals surface area contributed by atoms with Crippen molar-refractivity contribution in [1.29, 1.82) is 0 Å². The number of benzene rings is 1. The fourth-order valence-corrected chi connectivity index (χ4v) is 3.54. The van der Waals surface area contributed by atoms with Gasteiger partial charge in [-0.15, -0.1) is 11.3 Å². The van der Waals surface area contributed by atoms with Crippen molar-refractivity contribution in [2.75, 3.05) is 11.4 Å². The first-order valence-corrected chi connectivity index (χ1v) is 7.23. The number of carbonyl (C=O) groups is 1. The fraction of sp³-hybridized carbons (Fsp3) is 0.267. The first-order valence-electron chi connectivity index (χ1n) is 6.35. The molecule has 0 fully saturated rings. The van der Waals surface area contributed by atoms with E-state index in [9.17, 15) is 4.79 Å². The highest BCUT2D eigenvalue weighted by Crippen LogP contribution is 2.37. The molecule has 1 aromatic carbocycles. The van der Waals surface area contributed by atoms with Crippen LogP contribution in [0, 0.1) is 0 Å². The van der Waals surface area contributed by atoms with E-state index in [1.54, 1.807) is 11.3 Å². The second kappa shape index (κ2) is 5.05. The highest BCUT2D eigenvalue weighted by atomic mass is 32.1. The number of anilines is 1. The van der Waals surface area contributed by atoms with Crippen molar-refractivity contribution in [2.45, 2.75) is 18.9 Å². The predicted octanol–water partition coefficient (Wildman–Crippen LogP) is 3.33. The molecule has 0 saturated heterocycles. The number of rotatable bonds is 4. The molecule has 1 aliphatic rings. The van der Waals surface area contributed by atoms with Gasteiger partial charge >= 0.3 is 5.97 Å². The van der Waals surface area contributed by atoms with E-state index in [-0.39, 0.29) is 12.5 Å². The van der Waals surface area contributed by atoms with Gasteiger partial charge in [-0.1, -0.05) is 24.3 Å². The van der Waals surface area contributed by atoms with Crippen LogP contribution in [-0.2, 0) is 11.2 Å². The lowest BCUT2D eigenvalue weighted by atomic mass is 10.1. The highest BCUT2D eigenvalue weighted by molar-refractivity contribution is 7.10. The smallest absolute Gasteiger partial charge is 0.305 e. The van der Waals surface area contributed by atoms with Gasteiger partial charge in [-0.3, -0.25) is 4.79 Å². The minimum absolute atomic E-state index is 0.0545.